The highest BCUT2D eigenvalue weighted by Gasteiger charge is 2.10. The lowest BCUT2D eigenvalue weighted by Gasteiger charge is -2.21. The Hall–Kier alpha value is -0.763. The third kappa shape index (κ3) is 3.64. The maximum absolute atomic E-state index is 5.72. The molecule has 0 aliphatic heterocycles. The van der Waals surface area contributed by atoms with Gasteiger partial charge in [-0.25, -0.2) is 0 Å². The highest BCUT2D eigenvalue weighted by Crippen LogP contribution is 2.15. The highest BCUT2D eigenvalue weighted by atomic mass is 28.2. The molecule has 0 spiro atoms. The summed E-state index contributed by atoms with van der Waals surface area (Å²) < 4.78 is 5.72. The van der Waals surface area contributed by atoms with Crippen LogP contribution in [0.3, 0.4) is 0 Å². The Morgan fingerprint density at radius 1 is 1.08 bits per heavy atom. The molecule has 1 nitrogen and oxygen atoms in total. The van der Waals surface area contributed by atoms with Crippen LogP contribution in [-0.2, 0) is 0 Å². The highest BCUT2D eigenvalue weighted by molar-refractivity contribution is 6.51. The Bertz CT molecular complexity index is 258. The SMILES string of the molecule is C[SiH2]c1ccc(OC(C)(C)C)cc1. The average molecular weight is 194 g/mol. The molecule has 1 rings (SSSR count). The molecule has 0 unspecified atom stereocenters. The van der Waals surface area contributed by atoms with E-state index >= 15 is 0 Å². The van der Waals surface area contributed by atoms with Gasteiger partial charge in [0, 0.05) is 0 Å². The second-order valence-corrected chi connectivity index (χ2v) is 5.74. The molecule has 0 N–H and O–H groups in total. The lowest BCUT2D eigenvalue weighted by atomic mass is 10.2. The first-order valence-corrected chi connectivity index (χ1v) is 6.91. The Balaban J connectivity index is 2.70. The van der Waals surface area contributed by atoms with Crippen molar-refractivity contribution in [3.8, 4) is 5.75 Å². The summed E-state index contributed by atoms with van der Waals surface area (Å²) in [6, 6.07) is 8.48. The third-order valence-electron chi connectivity index (χ3n) is 1.76. The Labute approximate surface area is 82.9 Å². The summed E-state index contributed by atoms with van der Waals surface area (Å²) >= 11 is 0. The van der Waals surface area contributed by atoms with E-state index in [9.17, 15) is 0 Å². The van der Waals surface area contributed by atoms with Gasteiger partial charge >= 0.3 is 0 Å². The van der Waals surface area contributed by atoms with Crippen molar-refractivity contribution < 1.29 is 4.74 Å². The van der Waals surface area contributed by atoms with E-state index in [2.05, 4.69) is 51.6 Å². The predicted molar refractivity (Wildman–Crippen MR) is 60.9 cm³/mol. The van der Waals surface area contributed by atoms with E-state index in [0.717, 1.165) is 5.75 Å². The third-order valence-corrected chi connectivity index (χ3v) is 3.04. The number of ether oxygens (including phenoxy) is 1. The van der Waals surface area contributed by atoms with Gasteiger partial charge in [-0.2, -0.15) is 0 Å². The molecule has 0 atom stereocenters. The molecular formula is C11H18OSi. The minimum Gasteiger partial charge on any atom is -0.488 e. The maximum Gasteiger partial charge on any atom is 0.120 e. The lowest BCUT2D eigenvalue weighted by molar-refractivity contribution is 0.131. The van der Waals surface area contributed by atoms with Gasteiger partial charge < -0.3 is 4.74 Å². The van der Waals surface area contributed by atoms with E-state index in [0.29, 0.717) is 0 Å². The lowest BCUT2D eigenvalue weighted by Crippen LogP contribution is -2.23. The van der Waals surface area contributed by atoms with E-state index in [1.165, 1.54) is 5.19 Å². The van der Waals surface area contributed by atoms with Crippen molar-refractivity contribution in [1.82, 2.24) is 0 Å². The Kier molecular flexibility index (Phi) is 3.15. The van der Waals surface area contributed by atoms with E-state index in [1.54, 1.807) is 0 Å². The first-order chi connectivity index (χ1) is 6.01. The number of benzene rings is 1. The first-order valence-electron chi connectivity index (χ1n) is 4.79. The fraction of sp³-hybridized carbons (Fsp3) is 0.455. The van der Waals surface area contributed by atoms with Gasteiger partial charge in [0.2, 0.25) is 0 Å². The smallest absolute Gasteiger partial charge is 0.120 e. The van der Waals surface area contributed by atoms with Crippen molar-refractivity contribution in [1.29, 1.82) is 0 Å². The number of hydrogen-bond acceptors (Lipinski definition) is 1. The van der Waals surface area contributed by atoms with Crippen molar-refractivity contribution in [2.45, 2.75) is 32.9 Å². The summed E-state index contributed by atoms with van der Waals surface area (Å²) in [6.45, 7) is 8.49. The van der Waals surface area contributed by atoms with Crippen LogP contribution in [-0.4, -0.2) is 15.1 Å². The Morgan fingerprint density at radius 3 is 2.00 bits per heavy atom. The van der Waals surface area contributed by atoms with Gasteiger partial charge in [0.05, 0.1) is 9.52 Å². The van der Waals surface area contributed by atoms with Crippen LogP contribution in [0.4, 0.5) is 0 Å². The molecule has 0 radical (unpaired) electrons. The molecule has 0 aromatic heterocycles. The minimum absolute atomic E-state index is 0.0221. The van der Waals surface area contributed by atoms with E-state index in [4.69, 9.17) is 4.74 Å². The van der Waals surface area contributed by atoms with Crippen molar-refractivity contribution in [3.05, 3.63) is 24.3 Å². The monoisotopic (exact) mass is 194 g/mol. The van der Waals surface area contributed by atoms with Crippen LogP contribution in [0.5, 0.6) is 5.75 Å². The second kappa shape index (κ2) is 3.96. The standard InChI is InChI=1S/C11H18OSi/c1-11(2,3)12-9-5-7-10(13-4)8-6-9/h5-8H,13H2,1-4H3. The van der Waals surface area contributed by atoms with Crippen molar-refractivity contribution >= 4 is 14.7 Å². The van der Waals surface area contributed by atoms with E-state index in [-0.39, 0.29) is 15.1 Å². The van der Waals surface area contributed by atoms with Crippen LogP contribution < -0.4 is 9.92 Å². The van der Waals surface area contributed by atoms with Crippen LogP contribution >= 0.6 is 0 Å². The van der Waals surface area contributed by atoms with Crippen LogP contribution in [0.2, 0.25) is 6.55 Å². The molecule has 72 valence electrons. The van der Waals surface area contributed by atoms with Crippen LogP contribution in [0, 0.1) is 0 Å². The van der Waals surface area contributed by atoms with Crippen molar-refractivity contribution in [2.24, 2.45) is 0 Å². The molecule has 0 saturated heterocycles. The van der Waals surface area contributed by atoms with Crippen LogP contribution in [0.25, 0.3) is 0 Å². The molecule has 0 bridgehead atoms. The second-order valence-electron chi connectivity index (χ2n) is 4.21. The molecule has 0 aliphatic carbocycles. The first kappa shape index (κ1) is 10.3. The molecule has 1 aromatic rings. The van der Waals surface area contributed by atoms with Gasteiger partial charge in [0.15, 0.2) is 0 Å². The number of rotatable bonds is 2. The van der Waals surface area contributed by atoms with Crippen LogP contribution in [0.15, 0.2) is 24.3 Å². The van der Waals surface area contributed by atoms with Gasteiger partial charge in [0.1, 0.15) is 11.4 Å². The zero-order chi connectivity index (χ0) is 9.90. The fourth-order valence-corrected chi connectivity index (χ4v) is 1.85. The van der Waals surface area contributed by atoms with Gasteiger partial charge in [-0.05, 0) is 32.9 Å². The van der Waals surface area contributed by atoms with Crippen molar-refractivity contribution in [3.63, 3.8) is 0 Å². The van der Waals surface area contributed by atoms with Gasteiger partial charge in [-0.15, -0.1) is 0 Å². The zero-order valence-corrected chi connectivity index (χ0v) is 10.3. The fourth-order valence-electron chi connectivity index (χ4n) is 1.15. The molecule has 0 aliphatic rings. The Morgan fingerprint density at radius 2 is 1.62 bits per heavy atom. The number of hydrogen-bond donors (Lipinski definition) is 0. The van der Waals surface area contributed by atoms with E-state index in [1.807, 2.05) is 0 Å². The van der Waals surface area contributed by atoms with E-state index < -0.39 is 0 Å². The average Bonchev–Trinajstić information content (AvgIpc) is 2.03. The van der Waals surface area contributed by atoms with Gasteiger partial charge in [0.25, 0.3) is 0 Å². The molecule has 0 heterocycles. The summed E-state index contributed by atoms with van der Waals surface area (Å²) in [4.78, 5) is 0. The van der Waals surface area contributed by atoms with Gasteiger partial charge in [-0.3, -0.25) is 0 Å². The predicted octanol–water partition coefficient (Wildman–Crippen LogP) is 1.71. The summed E-state index contributed by atoms with van der Waals surface area (Å²) in [5.74, 6) is 0.971. The van der Waals surface area contributed by atoms with Gasteiger partial charge in [-0.1, -0.05) is 23.9 Å². The summed E-state index contributed by atoms with van der Waals surface area (Å²) in [6.07, 6.45) is 0. The normalized spacial score (nSPS) is 12.3. The molecule has 0 amide bonds. The maximum atomic E-state index is 5.72. The zero-order valence-electron chi connectivity index (χ0n) is 8.92. The molecule has 13 heavy (non-hydrogen) atoms. The summed E-state index contributed by atoms with van der Waals surface area (Å²) in [5, 5.41) is 1.49. The molecular weight excluding hydrogens is 176 g/mol. The summed E-state index contributed by atoms with van der Waals surface area (Å²) in [5.41, 5.74) is -0.0921. The topological polar surface area (TPSA) is 9.23 Å². The summed E-state index contributed by atoms with van der Waals surface area (Å²) in [7, 11) is -0.0221. The molecule has 0 fully saturated rings. The molecule has 1 aromatic carbocycles. The molecule has 0 saturated carbocycles. The largest absolute Gasteiger partial charge is 0.488 e. The van der Waals surface area contributed by atoms with Crippen molar-refractivity contribution in [2.75, 3.05) is 0 Å². The quantitative estimate of drug-likeness (QED) is 0.651. The van der Waals surface area contributed by atoms with Crippen LogP contribution in [0.1, 0.15) is 20.8 Å². The minimum atomic E-state index is -0.0921. The molecule has 2 heteroatoms.